The molecule has 2 saturated carbocycles. The van der Waals surface area contributed by atoms with Crippen molar-refractivity contribution in [1.82, 2.24) is 39.4 Å². The second-order valence-electron chi connectivity index (χ2n) is 13.6. The van der Waals surface area contributed by atoms with Crippen LogP contribution in [0.15, 0.2) is 73.6 Å². The number of aromatic nitrogens is 6. The Bertz CT molecular complexity index is 2260. The predicted octanol–water partition coefficient (Wildman–Crippen LogP) is 8.04. The van der Waals surface area contributed by atoms with Gasteiger partial charge in [-0.15, -0.1) is 0 Å². The fourth-order valence-corrected chi connectivity index (χ4v) is 7.29. The molecule has 6 heterocycles. The number of hydrogen-bond acceptors (Lipinski definition) is 8. The molecule has 2 fully saturated rings. The van der Waals surface area contributed by atoms with Crippen LogP contribution in [0.1, 0.15) is 111 Å². The second-order valence-corrected chi connectivity index (χ2v) is 13.6. The van der Waals surface area contributed by atoms with Crippen molar-refractivity contribution in [2.75, 3.05) is 10.6 Å². The molecule has 54 heavy (non-hydrogen) atoms. The van der Waals surface area contributed by atoms with Gasteiger partial charge in [-0.25, -0.2) is 19.9 Å². The molecule has 2 aliphatic carbocycles. The number of carbonyl (C=O) groups is 2. The number of rotatable bonds is 6. The van der Waals surface area contributed by atoms with Crippen LogP contribution in [0.2, 0.25) is 0 Å². The molecule has 12 heteroatoms. The monoisotopic (exact) mass is 726 g/mol. The van der Waals surface area contributed by atoms with E-state index in [0.717, 1.165) is 67.7 Å². The van der Waals surface area contributed by atoms with Gasteiger partial charge in [0.05, 0.1) is 23.8 Å². The Morgan fingerprint density at radius 3 is 1.48 bits per heavy atom. The Morgan fingerprint density at radius 2 is 1.04 bits per heavy atom. The third-order valence-corrected chi connectivity index (χ3v) is 10.1. The fourth-order valence-electron chi connectivity index (χ4n) is 7.29. The number of amides is 2. The minimum Gasteiger partial charge on any atom is -0.364 e. The maximum Gasteiger partial charge on any atom is 0.251 e. The van der Waals surface area contributed by atoms with Crippen molar-refractivity contribution in [3.05, 3.63) is 95.8 Å². The number of benzene rings is 2. The summed E-state index contributed by atoms with van der Waals surface area (Å²) in [6.45, 7) is 9.17. The van der Waals surface area contributed by atoms with Crippen LogP contribution < -0.4 is 21.3 Å². The van der Waals surface area contributed by atoms with Crippen LogP contribution in [-0.4, -0.2) is 52.6 Å². The zero-order chi connectivity index (χ0) is 37.6. The molecule has 4 aromatic heterocycles. The van der Waals surface area contributed by atoms with Crippen LogP contribution in [0.5, 0.6) is 0 Å². The number of carbonyl (C=O) groups excluding carboxylic acids is 2. The summed E-state index contributed by atoms with van der Waals surface area (Å²) in [5, 5.41) is 12.8. The molecule has 0 atom stereocenters. The molecule has 4 aliphatic rings. The summed E-state index contributed by atoms with van der Waals surface area (Å²) < 4.78 is 4.13. The molecule has 2 amide bonds. The van der Waals surface area contributed by atoms with Crippen LogP contribution in [0, 0.1) is 0 Å². The SMILES string of the molecule is CC.CC.O=C1NCc2cc(-c3cnc(NC4CC4)c4nccn34)ccc21.O=C1NCc2cc(-c3cnc(NC4CCCCCC4)c4nccn34)ccc21. The summed E-state index contributed by atoms with van der Waals surface area (Å²) in [6.07, 6.45) is 21.3. The summed E-state index contributed by atoms with van der Waals surface area (Å²) in [5.74, 6) is 1.69. The van der Waals surface area contributed by atoms with Gasteiger partial charge in [-0.05, 0) is 61.1 Å². The summed E-state index contributed by atoms with van der Waals surface area (Å²) >= 11 is 0. The van der Waals surface area contributed by atoms with Crippen LogP contribution in [0.3, 0.4) is 0 Å². The van der Waals surface area contributed by atoms with E-state index < -0.39 is 0 Å². The largest absolute Gasteiger partial charge is 0.364 e. The molecule has 10 rings (SSSR count). The average Bonchev–Trinajstić information content (AvgIpc) is 3.48. The molecule has 2 aliphatic heterocycles. The van der Waals surface area contributed by atoms with Gasteiger partial charge in [-0.3, -0.25) is 18.4 Å². The fraction of sp³-hybridized carbons (Fsp3) is 0.381. The summed E-state index contributed by atoms with van der Waals surface area (Å²) in [6, 6.07) is 12.9. The van der Waals surface area contributed by atoms with Gasteiger partial charge in [0.15, 0.2) is 22.9 Å². The number of anilines is 2. The highest BCUT2D eigenvalue weighted by atomic mass is 16.2. The van der Waals surface area contributed by atoms with Gasteiger partial charge in [-0.1, -0.05) is 65.5 Å². The smallest absolute Gasteiger partial charge is 0.251 e. The van der Waals surface area contributed by atoms with Crippen molar-refractivity contribution < 1.29 is 9.59 Å². The minimum atomic E-state index is 0.00133. The summed E-state index contributed by atoms with van der Waals surface area (Å²) in [4.78, 5) is 41.8. The predicted molar refractivity (Wildman–Crippen MR) is 214 cm³/mol. The molecule has 0 unspecified atom stereocenters. The average molecular weight is 727 g/mol. The Labute approximate surface area is 316 Å². The Balaban J connectivity index is 0.000000154. The lowest BCUT2D eigenvalue weighted by Gasteiger charge is -2.18. The second kappa shape index (κ2) is 16.5. The zero-order valence-corrected chi connectivity index (χ0v) is 31.7. The molecule has 0 saturated heterocycles. The number of imidazole rings is 2. The van der Waals surface area contributed by atoms with Crippen molar-refractivity contribution in [2.45, 2.75) is 104 Å². The Kier molecular flexibility index (Phi) is 11.2. The number of nitrogens with zero attached hydrogens (tertiary/aromatic N) is 6. The highest BCUT2D eigenvalue weighted by molar-refractivity contribution is 5.99. The van der Waals surface area contributed by atoms with E-state index in [1.54, 1.807) is 6.20 Å². The highest BCUT2D eigenvalue weighted by Crippen LogP contribution is 2.31. The molecule has 0 spiro atoms. The van der Waals surface area contributed by atoms with E-state index in [2.05, 4.69) is 52.8 Å². The van der Waals surface area contributed by atoms with Crippen molar-refractivity contribution in [3.63, 3.8) is 0 Å². The quantitative estimate of drug-likeness (QED) is 0.126. The first-order valence-corrected chi connectivity index (χ1v) is 19.6. The molecule has 0 bridgehead atoms. The molecular weight excluding hydrogens is 677 g/mol. The normalized spacial score (nSPS) is 16.0. The van der Waals surface area contributed by atoms with E-state index in [4.69, 9.17) is 4.98 Å². The van der Waals surface area contributed by atoms with Crippen molar-refractivity contribution in [2.24, 2.45) is 0 Å². The van der Waals surface area contributed by atoms with Gasteiger partial charge in [-0.2, -0.15) is 0 Å². The van der Waals surface area contributed by atoms with Crippen molar-refractivity contribution >= 4 is 34.7 Å². The minimum absolute atomic E-state index is 0.00133. The van der Waals surface area contributed by atoms with E-state index >= 15 is 0 Å². The number of hydrogen-bond donors (Lipinski definition) is 4. The molecule has 4 N–H and O–H groups in total. The molecule has 12 nitrogen and oxygen atoms in total. The Hall–Kier alpha value is -5.78. The van der Waals surface area contributed by atoms with Gasteiger partial charge in [0.1, 0.15) is 0 Å². The third kappa shape index (κ3) is 7.50. The van der Waals surface area contributed by atoms with Gasteiger partial charge < -0.3 is 21.3 Å². The van der Waals surface area contributed by atoms with Crippen molar-refractivity contribution in [1.29, 1.82) is 0 Å². The van der Waals surface area contributed by atoms with E-state index in [0.29, 0.717) is 25.2 Å². The van der Waals surface area contributed by atoms with Gasteiger partial charge in [0.2, 0.25) is 0 Å². The number of fused-ring (bicyclic) bond motifs is 4. The van der Waals surface area contributed by atoms with E-state index in [-0.39, 0.29) is 11.8 Å². The van der Waals surface area contributed by atoms with Gasteiger partial charge >= 0.3 is 0 Å². The lowest BCUT2D eigenvalue weighted by atomic mass is 10.0. The summed E-state index contributed by atoms with van der Waals surface area (Å²) in [5.41, 5.74) is 9.31. The standard InChI is InChI=1S/C21H23N5O.C17H15N5O.2C2H6/c27-21-17-8-7-14(11-15(17)12-24-21)18-13-23-19(20-22-9-10-26(18)20)25-16-5-3-1-2-4-6-16;23-17-13-4-1-10(7-11(13)8-20-17)14-9-19-15(21-12-2-3-12)16-18-5-6-22(14)16;2*1-2/h7-11,13,16H,1-6,12H2,(H,23,25)(H,24,27);1,4-7,9,12H,2-3,8H2,(H,19,21)(H,20,23);2*1-2H3. The van der Waals surface area contributed by atoms with Crippen LogP contribution in [0.4, 0.5) is 11.6 Å². The molecule has 2 aromatic carbocycles. The zero-order valence-electron chi connectivity index (χ0n) is 31.7. The van der Waals surface area contributed by atoms with E-state index in [1.807, 2.05) is 87.3 Å². The first kappa shape index (κ1) is 36.6. The third-order valence-electron chi connectivity index (χ3n) is 10.1. The topological polar surface area (TPSA) is 143 Å². The lowest BCUT2D eigenvalue weighted by Crippen LogP contribution is -2.19. The van der Waals surface area contributed by atoms with E-state index in [1.165, 1.54) is 51.4 Å². The molecular formula is C42H50N10O2. The Morgan fingerprint density at radius 1 is 0.593 bits per heavy atom. The summed E-state index contributed by atoms with van der Waals surface area (Å²) in [7, 11) is 0. The lowest BCUT2D eigenvalue weighted by molar-refractivity contribution is 0.0957. The van der Waals surface area contributed by atoms with Crippen LogP contribution >= 0.6 is 0 Å². The van der Waals surface area contributed by atoms with Crippen LogP contribution in [0.25, 0.3) is 33.8 Å². The maximum absolute atomic E-state index is 11.8. The molecule has 0 radical (unpaired) electrons. The van der Waals surface area contributed by atoms with Gasteiger partial charge in [0, 0.05) is 72.2 Å². The van der Waals surface area contributed by atoms with Gasteiger partial charge in [0.25, 0.3) is 11.8 Å². The van der Waals surface area contributed by atoms with Crippen molar-refractivity contribution in [3.8, 4) is 22.5 Å². The van der Waals surface area contributed by atoms with Crippen LogP contribution in [-0.2, 0) is 13.1 Å². The number of nitrogens with one attached hydrogen (secondary N) is 4. The van der Waals surface area contributed by atoms with E-state index in [9.17, 15) is 9.59 Å². The first-order chi connectivity index (χ1) is 26.6. The molecule has 280 valence electrons. The highest BCUT2D eigenvalue weighted by Gasteiger charge is 2.24. The molecule has 6 aromatic rings. The first-order valence-electron chi connectivity index (χ1n) is 19.6. The maximum atomic E-state index is 11.8.